The number of carbonyl (C=O) groups excluding carboxylic acids is 1. The molecule has 1 nitrogen and oxygen atoms in total. The monoisotopic (exact) mass is 208 g/mol. The van der Waals surface area contributed by atoms with Crippen molar-refractivity contribution in [1.29, 1.82) is 0 Å². The second kappa shape index (κ2) is 9.70. The summed E-state index contributed by atoms with van der Waals surface area (Å²) in [6, 6.07) is 0. The fourth-order valence-electron chi connectivity index (χ4n) is 1.30. The maximum absolute atomic E-state index is 10.6. The van der Waals surface area contributed by atoms with E-state index in [2.05, 4.69) is 19.9 Å². The van der Waals surface area contributed by atoms with E-state index >= 15 is 0 Å². The summed E-state index contributed by atoms with van der Waals surface area (Å²) >= 11 is 0. The first kappa shape index (κ1) is 14.2. The molecule has 0 aliphatic rings. The van der Waals surface area contributed by atoms with Crippen molar-refractivity contribution in [2.75, 3.05) is 0 Å². The normalized spacial score (nSPS) is 12.0. The molecule has 0 aromatic rings. The first-order valence-electron chi connectivity index (χ1n) is 5.94. The van der Waals surface area contributed by atoms with E-state index in [0.29, 0.717) is 6.42 Å². The van der Waals surface area contributed by atoms with Crippen LogP contribution in [0.3, 0.4) is 0 Å². The molecule has 0 atom stereocenters. The molecule has 15 heavy (non-hydrogen) atoms. The molecule has 0 rings (SSSR count). The van der Waals surface area contributed by atoms with Crippen molar-refractivity contribution >= 4 is 5.78 Å². The molecule has 0 fully saturated rings. The molecule has 0 aliphatic heterocycles. The number of Topliss-reactive ketones (excluding diaryl/α,β-unsaturated/α-hetero) is 1. The van der Waals surface area contributed by atoms with E-state index in [9.17, 15) is 4.79 Å². The highest BCUT2D eigenvalue weighted by Crippen LogP contribution is 2.08. The first-order valence-corrected chi connectivity index (χ1v) is 5.94. The highest BCUT2D eigenvalue weighted by Gasteiger charge is 1.91. The summed E-state index contributed by atoms with van der Waals surface area (Å²) in [6.45, 7) is 6.14. The zero-order valence-electron chi connectivity index (χ0n) is 10.3. The summed E-state index contributed by atoms with van der Waals surface area (Å²) in [5.41, 5.74) is 0. The van der Waals surface area contributed by atoms with Gasteiger partial charge in [0.15, 0.2) is 0 Å². The molecular formula is C14H24O. The van der Waals surface area contributed by atoms with Crippen molar-refractivity contribution in [2.45, 2.75) is 52.9 Å². The van der Waals surface area contributed by atoms with Gasteiger partial charge in [0.25, 0.3) is 0 Å². The number of rotatable bonds is 8. The van der Waals surface area contributed by atoms with Crippen LogP contribution in [0.1, 0.15) is 52.9 Å². The quantitative estimate of drug-likeness (QED) is 0.429. The van der Waals surface area contributed by atoms with Crippen molar-refractivity contribution in [1.82, 2.24) is 0 Å². The standard InChI is InChI=1S/C14H24O/c1-13(2)11-9-7-5-4-6-8-10-12-14(3)15/h4,6,8,10,13H,5,7,9,11-12H2,1-3H3/b6-4?,10-8+. The molecule has 0 aliphatic carbocycles. The van der Waals surface area contributed by atoms with Crippen LogP contribution in [0, 0.1) is 5.92 Å². The van der Waals surface area contributed by atoms with Gasteiger partial charge in [0, 0.05) is 6.42 Å². The molecule has 0 saturated carbocycles. The Bertz CT molecular complexity index is 211. The molecule has 0 N–H and O–H groups in total. The summed E-state index contributed by atoms with van der Waals surface area (Å²) in [6.07, 6.45) is 13.7. The van der Waals surface area contributed by atoms with E-state index in [1.165, 1.54) is 19.3 Å². The lowest BCUT2D eigenvalue weighted by atomic mass is 10.1. The van der Waals surface area contributed by atoms with Gasteiger partial charge in [-0.25, -0.2) is 0 Å². The molecule has 0 aromatic heterocycles. The van der Waals surface area contributed by atoms with E-state index in [-0.39, 0.29) is 5.78 Å². The van der Waals surface area contributed by atoms with Crippen molar-refractivity contribution < 1.29 is 4.79 Å². The average molecular weight is 208 g/mol. The van der Waals surface area contributed by atoms with E-state index in [4.69, 9.17) is 0 Å². The second-order valence-corrected chi connectivity index (χ2v) is 4.44. The topological polar surface area (TPSA) is 17.1 Å². The zero-order chi connectivity index (χ0) is 11.5. The molecule has 1 heteroatoms. The molecule has 0 aromatic carbocycles. The van der Waals surface area contributed by atoms with Crippen molar-refractivity contribution in [3.63, 3.8) is 0 Å². The Morgan fingerprint density at radius 2 is 1.80 bits per heavy atom. The minimum absolute atomic E-state index is 0.219. The number of hydrogen-bond acceptors (Lipinski definition) is 1. The Labute approximate surface area is 94.3 Å². The van der Waals surface area contributed by atoms with Crippen LogP contribution in [0.2, 0.25) is 0 Å². The van der Waals surface area contributed by atoms with Crippen LogP contribution in [-0.2, 0) is 4.79 Å². The SMILES string of the molecule is CC(=O)C/C=C/C=CCCCCC(C)C. The van der Waals surface area contributed by atoms with Crippen LogP contribution >= 0.6 is 0 Å². The summed E-state index contributed by atoms with van der Waals surface area (Å²) in [4.78, 5) is 10.6. The van der Waals surface area contributed by atoms with Gasteiger partial charge in [-0.1, -0.05) is 51.0 Å². The van der Waals surface area contributed by atoms with Gasteiger partial charge in [-0.2, -0.15) is 0 Å². The lowest BCUT2D eigenvalue weighted by Crippen LogP contribution is -1.85. The molecule has 0 saturated heterocycles. The first-order chi connectivity index (χ1) is 7.13. The van der Waals surface area contributed by atoms with Crippen LogP contribution < -0.4 is 0 Å². The van der Waals surface area contributed by atoms with Gasteiger partial charge in [-0.05, 0) is 25.7 Å². The molecule has 0 unspecified atom stereocenters. The Morgan fingerprint density at radius 3 is 2.40 bits per heavy atom. The third-order valence-electron chi connectivity index (χ3n) is 2.19. The summed E-state index contributed by atoms with van der Waals surface area (Å²) in [5, 5.41) is 0. The van der Waals surface area contributed by atoms with Crippen LogP contribution in [0.4, 0.5) is 0 Å². The minimum atomic E-state index is 0.219. The van der Waals surface area contributed by atoms with Crippen molar-refractivity contribution in [3.05, 3.63) is 24.3 Å². The minimum Gasteiger partial charge on any atom is -0.300 e. The molecule has 0 bridgehead atoms. The van der Waals surface area contributed by atoms with E-state index in [1.54, 1.807) is 6.92 Å². The van der Waals surface area contributed by atoms with E-state index < -0.39 is 0 Å². The Hall–Kier alpha value is -0.850. The third-order valence-corrected chi connectivity index (χ3v) is 2.19. The number of allylic oxidation sites excluding steroid dienone is 4. The van der Waals surface area contributed by atoms with Crippen molar-refractivity contribution in [2.24, 2.45) is 5.92 Å². The molecule has 0 amide bonds. The number of ketones is 1. The molecule has 0 spiro atoms. The van der Waals surface area contributed by atoms with Gasteiger partial charge in [0.2, 0.25) is 0 Å². The molecule has 86 valence electrons. The number of carbonyl (C=O) groups is 1. The predicted octanol–water partition coefficient (Wildman–Crippen LogP) is 4.29. The second-order valence-electron chi connectivity index (χ2n) is 4.44. The van der Waals surface area contributed by atoms with Crippen LogP contribution in [0.25, 0.3) is 0 Å². The average Bonchev–Trinajstić information content (AvgIpc) is 2.14. The van der Waals surface area contributed by atoms with Crippen LogP contribution in [0.5, 0.6) is 0 Å². The Morgan fingerprint density at radius 1 is 1.13 bits per heavy atom. The number of hydrogen-bond donors (Lipinski definition) is 0. The third kappa shape index (κ3) is 13.2. The fourth-order valence-corrected chi connectivity index (χ4v) is 1.30. The lowest BCUT2D eigenvalue weighted by molar-refractivity contribution is -0.116. The summed E-state index contributed by atoms with van der Waals surface area (Å²) in [5.74, 6) is 1.04. The smallest absolute Gasteiger partial charge is 0.133 e. The van der Waals surface area contributed by atoms with Gasteiger partial charge < -0.3 is 0 Å². The highest BCUT2D eigenvalue weighted by atomic mass is 16.1. The predicted molar refractivity (Wildman–Crippen MR) is 66.9 cm³/mol. The lowest BCUT2D eigenvalue weighted by Gasteiger charge is -2.01. The zero-order valence-corrected chi connectivity index (χ0v) is 10.3. The summed E-state index contributed by atoms with van der Waals surface area (Å²) in [7, 11) is 0. The summed E-state index contributed by atoms with van der Waals surface area (Å²) < 4.78 is 0. The molecule has 0 heterocycles. The Balaban J connectivity index is 3.31. The highest BCUT2D eigenvalue weighted by molar-refractivity contribution is 5.76. The van der Waals surface area contributed by atoms with Gasteiger partial charge >= 0.3 is 0 Å². The van der Waals surface area contributed by atoms with E-state index in [0.717, 1.165) is 12.3 Å². The van der Waals surface area contributed by atoms with Gasteiger partial charge in [-0.15, -0.1) is 0 Å². The van der Waals surface area contributed by atoms with Gasteiger partial charge in [-0.3, -0.25) is 4.79 Å². The maximum atomic E-state index is 10.6. The fraction of sp³-hybridized carbons (Fsp3) is 0.643. The van der Waals surface area contributed by atoms with Gasteiger partial charge in [0.05, 0.1) is 0 Å². The van der Waals surface area contributed by atoms with Gasteiger partial charge in [0.1, 0.15) is 5.78 Å². The molecule has 0 radical (unpaired) electrons. The maximum Gasteiger partial charge on any atom is 0.133 e. The largest absolute Gasteiger partial charge is 0.300 e. The number of unbranched alkanes of at least 4 members (excludes halogenated alkanes) is 2. The van der Waals surface area contributed by atoms with Crippen molar-refractivity contribution in [3.8, 4) is 0 Å². The van der Waals surface area contributed by atoms with Crippen LogP contribution in [-0.4, -0.2) is 5.78 Å². The van der Waals surface area contributed by atoms with Crippen LogP contribution in [0.15, 0.2) is 24.3 Å². The van der Waals surface area contributed by atoms with E-state index in [1.807, 2.05) is 18.2 Å². The molecular weight excluding hydrogens is 184 g/mol. The Kier molecular flexibility index (Phi) is 9.15.